The van der Waals surface area contributed by atoms with Crippen molar-refractivity contribution in [2.45, 2.75) is 0 Å². The van der Waals surface area contributed by atoms with Crippen molar-refractivity contribution in [1.82, 2.24) is 9.97 Å². The second kappa shape index (κ2) is 6.76. The molecule has 1 aromatic heterocycles. The third-order valence-corrected chi connectivity index (χ3v) is 1.09. The van der Waals surface area contributed by atoms with E-state index < -0.39 is 12.0 Å². The molecule has 0 aliphatic heterocycles. The first kappa shape index (κ1) is 13.4. The number of aromatic nitrogens is 2. The second-order valence-corrected chi connectivity index (χ2v) is 2.31. The molecule has 0 radical (unpaired) electrons. The van der Waals surface area contributed by atoms with Crippen LogP contribution in [0.15, 0.2) is 29.7 Å². The molecule has 0 unspecified atom stereocenters. The Labute approximate surface area is 89.8 Å². The molecule has 2 amide bonds. The number of aromatic amines is 1. The Morgan fingerprint density at radius 1 is 1.62 bits per heavy atom. The lowest BCUT2D eigenvalue weighted by molar-refractivity contribution is -0.131. The molecule has 0 saturated heterocycles. The van der Waals surface area contributed by atoms with Crippen LogP contribution in [0.3, 0.4) is 0 Å². The highest BCUT2D eigenvalue weighted by molar-refractivity contribution is 5.85. The normalized spacial score (nSPS) is 8.25. The SMILES string of the molecule is C=CC(=O)O.NC(=O)Nc1nccc(=O)[nH]1. The number of aliphatic carboxylic acids is 1. The summed E-state index contributed by atoms with van der Waals surface area (Å²) in [6, 6.07) is 0.464. The maximum atomic E-state index is 10.6. The van der Waals surface area contributed by atoms with Crippen LogP contribution in [0.25, 0.3) is 0 Å². The van der Waals surface area contributed by atoms with Gasteiger partial charge in [0.25, 0.3) is 5.56 Å². The van der Waals surface area contributed by atoms with Crippen molar-refractivity contribution in [3.63, 3.8) is 0 Å². The van der Waals surface area contributed by atoms with Gasteiger partial charge >= 0.3 is 12.0 Å². The zero-order valence-corrected chi connectivity index (χ0v) is 8.14. The van der Waals surface area contributed by atoms with E-state index in [0.29, 0.717) is 0 Å². The van der Waals surface area contributed by atoms with Gasteiger partial charge in [-0.25, -0.2) is 14.6 Å². The highest BCUT2D eigenvalue weighted by Gasteiger charge is 1.95. The standard InChI is InChI=1S/C5H6N4O2.C3H4O2/c6-4(11)9-5-7-2-1-3(10)8-5;1-2-3(4)5/h1-2H,(H4,6,7,8,9,10,11);2H,1H2,(H,4,5). The predicted molar refractivity (Wildman–Crippen MR) is 55.9 cm³/mol. The van der Waals surface area contributed by atoms with Crippen LogP contribution in [0.5, 0.6) is 0 Å². The van der Waals surface area contributed by atoms with Gasteiger partial charge in [0, 0.05) is 18.3 Å². The molecule has 1 heterocycles. The van der Waals surface area contributed by atoms with Gasteiger partial charge in [-0.3, -0.25) is 15.1 Å². The fourth-order valence-electron chi connectivity index (χ4n) is 0.550. The molecule has 0 spiro atoms. The first-order valence-corrected chi connectivity index (χ1v) is 3.93. The maximum Gasteiger partial charge on any atom is 0.327 e. The monoisotopic (exact) mass is 226 g/mol. The summed E-state index contributed by atoms with van der Waals surface area (Å²) in [6.07, 6.45) is 2.10. The summed E-state index contributed by atoms with van der Waals surface area (Å²) in [7, 11) is 0. The largest absolute Gasteiger partial charge is 0.478 e. The van der Waals surface area contributed by atoms with Crippen molar-refractivity contribution < 1.29 is 14.7 Å². The number of H-pyrrole nitrogens is 1. The fourth-order valence-corrected chi connectivity index (χ4v) is 0.550. The van der Waals surface area contributed by atoms with E-state index in [-0.39, 0.29) is 11.5 Å². The smallest absolute Gasteiger partial charge is 0.327 e. The van der Waals surface area contributed by atoms with Gasteiger partial charge in [-0.15, -0.1) is 0 Å². The zero-order valence-electron chi connectivity index (χ0n) is 8.14. The molecule has 8 nitrogen and oxygen atoms in total. The van der Waals surface area contributed by atoms with E-state index in [9.17, 15) is 14.4 Å². The summed E-state index contributed by atoms with van der Waals surface area (Å²) >= 11 is 0. The lowest BCUT2D eigenvalue weighted by Crippen LogP contribution is -2.22. The molecule has 0 bridgehead atoms. The van der Waals surface area contributed by atoms with Crippen LogP contribution in [0.2, 0.25) is 0 Å². The third-order valence-electron chi connectivity index (χ3n) is 1.09. The van der Waals surface area contributed by atoms with E-state index >= 15 is 0 Å². The van der Waals surface area contributed by atoms with E-state index in [2.05, 4.69) is 21.9 Å². The third kappa shape index (κ3) is 6.83. The number of nitrogens with one attached hydrogen (secondary N) is 2. The Balaban J connectivity index is 0.000000385. The summed E-state index contributed by atoms with van der Waals surface area (Å²) in [5, 5.41) is 9.72. The molecule has 8 heteroatoms. The minimum atomic E-state index is -0.981. The van der Waals surface area contributed by atoms with Gasteiger partial charge in [-0.2, -0.15) is 0 Å². The molecule has 0 aromatic carbocycles. The molecule has 0 atom stereocenters. The Morgan fingerprint density at radius 3 is 2.56 bits per heavy atom. The molecule has 0 fully saturated rings. The average Bonchev–Trinajstić information content (AvgIpc) is 2.17. The fraction of sp³-hybridized carbons (Fsp3) is 0. The summed E-state index contributed by atoms with van der Waals surface area (Å²) in [5.41, 5.74) is 4.42. The van der Waals surface area contributed by atoms with Gasteiger partial charge in [0.2, 0.25) is 5.95 Å². The van der Waals surface area contributed by atoms with Crippen molar-refractivity contribution in [2.24, 2.45) is 5.73 Å². The van der Waals surface area contributed by atoms with Crippen molar-refractivity contribution >= 4 is 17.9 Å². The molecule has 86 valence electrons. The minimum Gasteiger partial charge on any atom is -0.478 e. The van der Waals surface area contributed by atoms with Crippen LogP contribution < -0.4 is 16.6 Å². The number of carboxylic acids is 1. The molecule has 1 aromatic rings. The van der Waals surface area contributed by atoms with Gasteiger partial charge in [-0.1, -0.05) is 6.58 Å². The van der Waals surface area contributed by atoms with E-state index in [0.717, 1.165) is 6.08 Å². The number of amides is 2. The predicted octanol–water partition coefficient (Wildman–Crippen LogP) is -0.482. The van der Waals surface area contributed by atoms with Gasteiger partial charge in [-0.05, 0) is 0 Å². The Kier molecular flexibility index (Phi) is 5.65. The zero-order chi connectivity index (χ0) is 12.6. The summed E-state index contributed by atoms with van der Waals surface area (Å²) in [5.74, 6) is -0.935. The topological polar surface area (TPSA) is 138 Å². The maximum absolute atomic E-state index is 10.6. The number of carbonyl (C=O) groups is 2. The van der Waals surface area contributed by atoms with E-state index in [1.165, 1.54) is 12.3 Å². The summed E-state index contributed by atoms with van der Waals surface area (Å²) in [4.78, 5) is 35.9. The molecule has 1 rings (SSSR count). The Morgan fingerprint density at radius 2 is 2.19 bits per heavy atom. The number of primary amides is 1. The summed E-state index contributed by atoms with van der Waals surface area (Å²) < 4.78 is 0. The average molecular weight is 226 g/mol. The second-order valence-electron chi connectivity index (χ2n) is 2.31. The van der Waals surface area contributed by atoms with Gasteiger partial charge < -0.3 is 10.8 Å². The first-order valence-electron chi connectivity index (χ1n) is 3.93. The van der Waals surface area contributed by atoms with Crippen molar-refractivity contribution in [2.75, 3.05) is 5.32 Å². The van der Waals surface area contributed by atoms with Crippen LogP contribution in [0.1, 0.15) is 0 Å². The van der Waals surface area contributed by atoms with E-state index in [1.807, 2.05) is 0 Å². The van der Waals surface area contributed by atoms with Crippen LogP contribution in [-0.4, -0.2) is 27.1 Å². The van der Waals surface area contributed by atoms with Crippen LogP contribution in [0.4, 0.5) is 10.7 Å². The number of nitrogens with two attached hydrogens (primary N) is 1. The number of carboxylic acid groups (broad SMARTS) is 1. The van der Waals surface area contributed by atoms with Gasteiger partial charge in [0.15, 0.2) is 0 Å². The molecule has 5 N–H and O–H groups in total. The van der Waals surface area contributed by atoms with Crippen molar-refractivity contribution in [3.8, 4) is 0 Å². The van der Waals surface area contributed by atoms with Crippen LogP contribution >= 0.6 is 0 Å². The molecule has 0 aliphatic carbocycles. The van der Waals surface area contributed by atoms with Crippen LogP contribution in [-0.2, 0) is 4.79 Å². The van der Waals surface area contributed by atoms with Gasteiger partial charge in [0.05, 0.1) is 0 Å². The number of nitrogens with zero attached hydrogens (tertiary/aromatic N) is 1. The lowest BCUT2D eigenvalue weighted by atomic mass is 10.6. The van der Waals surface area contributed by atoms with Crippen molar-refractivity contribution in [1.29, 1.82) is 0 Å². The highest BCUT2D eigenvalue weighted by atomic mass is 16.4. The number of anilines is 1. The molecular weight excluding hydrogens is 216 g/mol. The van der Waals surface area contributed by atoms with E-state index in [4.69, 9.17) is 10.8 Å². The first-order chi connectivity index (χ1) is 7.45. The number of rotatable bonds is 2. The minimum absolute atomic E-state index is 0.0463. The number of urea groups is 1. The lowest BCUT2D eigenvalue weighted by Gasteiger charge is -1.96. The molecular formula is C8H10N4O4. The number of hydrogen-bond donors (Lipinski definition) is 4. The van der Waals surface area contributed by atoms with Crippen molar-refractivity contribution in [3.05, 3.63) is 35.3 Å². The quantitative estimate of drug-likeness (QED) is 0.504. The molecule has 0 aliphatic rings. The summed E-state index contributed by atoms with van der Waals surface area (Å²) in [6.45, 7) is 2.96. The Hall–Kier alpha value is -2.64. The number of carbonyl (C=O) groups excluding carboxylic acids is 1. The van der Waals surface area contributed by atoms with Crippen LogP contribution in [0, 0.1) is 0 Å². The van der Waals surface area contributed by atoms with Gasteiger partial charge in [0.1, 0.15) is 0 Å². The number of hydrogen-bond acceptors (Lipinski definition) is 4. The molecule has 0 saturated carbocycles. The molecule has 16 heavy (non-hydrogen) atoms. The van der Waals surface area contributed by atoms with E-state index in [1.54, 1.807) is 0 Å². The Bertz CT molecular complexity index is 440. The highest BCUT2D eigenvalue weighted by Crippen LogP contribution is 1.87.